The van der Waals surface area contributed by atoms with Gasteiger partial charge in [-0.3, -0.25) is 9.89 Å². The molecule has 0 radical (unpaired) electrons. The second-order valence-corrected chi connectivity index (χ2v) is 7.18. The summed E-state index contributed by atoms with van der Waals surface area (Å²) < 4.78 is 5.35. The quantitative estimate of drug-likeness (QED) is 0.241. The summed E-state index contributed by atoms with van der Waals surface area (Å²) in [5.41, 5.74) is 2.68. The van der Waals surface area contributed by atoms with Gasteiger partial charge in [0.2, 0.25) is 0 Å². The van der Waals surface area contributed by atoms with Crippen LogP contribution in [0, 0.1) is 5.92 Å². The standard InChI is InChI=1S/C21H36N4O.HI/c1-4-26-15-5-12-23-21(22-3)24-16-19-6-8-20(9-7-19)17-25-13-10-18(2)11-14-25;/h6-9,18H,4-5,10-17H2,1-3H3,(H2,22,23,24);1H. The fraction of sp³-hybridized carbons (Fsp3) is 0.667. The average Bonchev–Trinajstić information content (AvgIpc) is 2.67. The summed E-state index contributed by atoms with van der Waals surface area (Å²) in [6.45, 7) is 11.1. The molecular weight excluding hydrogens is 451 g/mol. The molecule has 0 aromatic heterocycles. The minimum absolute atomic E-state index is 0. The number of aliphatic imine (C=N–C) groups is 1. The van der Waals surface area contributed by atoms with Gasteiger partial charge in [0, 0.05) is 39.9 Å². The average molecular weight is 488 g/mol. The molecule has 0 bridgehead atoms. The summed E-state index contributed by atoms with van der Waals surface area (Å²) in [5, 5.41) is 6.69. The number of piperidine rings is 1. The Kier molecular flexibility index (Phi) is 12.7. The number of rotatable bonds is 9. The smallest absolute Gasteiger partial charge is 0.191 e. The SMILES string of the molecule is CCOCCCNC(=NC)NCc1ccc(CN2CCC(C)CC2)cc1.I. The van der Waals surface area contributed by atoms with Gasteiger partial charge in [-0.1, -0.05) is 31.2 Å². The molecule has 1 aliphatic heterocycles. The van der Waals surface area contributed by atoms with E-state index >= 15 is 0 Å². The van der Waals surface area contributed by atoms with E-state index in [1.807, 2.05) is 6.92 Å². The second-order valence-electron chi connectivity index (χ2n) is 7.18. The molecular formula is C21H37IN4O. The minimum atomic E-state index is 0. The van der Waals surface area contributed by atoms with Crippen LogP contribution in [0.25, 0.3) is 0 Å². The summed E-state index contributed by atoms with van der Waals surface area (Å²) in [4.78, 5) is 6.84. The number of nitrogens with one attached hydrogen (secondary N) is 2. The van der Waals surface area contributed by atoms with Crippen molar-refractivity contribution in [3.05, 3.63) is 35.4 Å². The molecule has 1 heterocycles. The van der Waals surface area contributed by atoms with Crippen molar-refractivity contribution in [2.24, 2.45) is 10.9 Å². The van der Waals surface area contributed by atoms with E-state index in [4.69, 9.17) is 4.74 Å². The highest BCUT2D eigenvalue weighted by atomic mass is 127. The van der Waals surface area contributed by atoms with Crippen LogP contribution in [-0.4, -0.2) is 50.8 Å². The van der Waals surface area contributed by atoms with E-state index in [9.17, 15) is 0 Å². The zero-order valence-corrected chi connectivity index (χ0v) is 19.5. The van der Waals surface area contributed by atoms with Crippen LogP contribution >= 0.6 is 24.0 Å². The lowest BCUT2D eigenvalue weighted by Crippen LogP contribution is -2.37. The lowest BCUT2D eigenvalue weighted by molar-refractivity contribution is 0.145. The molecule has 0 saturated carbocycles. The van der Waals surface area contributed by atoms with Gasteiger partial charge in [0.05, 0.1) is 0 Å². The molecule has 1 aliphatic rings. The van der Waals surface area contributed by atoms with Gasteiger partial charge in [0.1, 0.15) is 0 Å². The number of hydrogen-bond donors (Lipinski definition) is 2. The van der Waals surface area contributed by atoms with Crippen LogP contribution in [0.5, 0.6) is 0 Å². The van der Waals surface area contributed by atoms with Crippen LogP contribution in [0.3, 0.4) is 0 Å². The number of nitrogens with zero attached hydrogens (tertiary/aromatic N) is 2. The molecule has 0 spiro atoms. The Hall–Kier alpha value is -0.860. The van der Waals surface area contributed by atoms with Crippen molar-refractivity contribution in [2.75, 3.05) is 39.9 Å². The number of ether oxygens (including phenoxy) is 1. The molecule has 1 saturated heterocycles. The number of guanidine groups is 1. The number of hydrogen-bond acceptors (Lipinski definition) is 3. The molecule has 1 fully saturated rings. The normalized spacial score (nSPS) is 16.0. The predicted molar refractivity (Wildman–Crippen MR) is 125 cm³/mol. The first-order valence-electron chi connectivity index (χ1n) is 10.0. The van der Waals surface area contributed by atoms with Gasteiger partial charge in [-0.2, -0.15) is 0 Å². The maximum atomic E-state index is 5.35. The van der Waals surface area contributed by atoms with Gasteiger partial charge in [0.15, 0.2) is 5.96 Å². The highest BCUT2D eigenvalue weighted by Crippen LogP contribution is 2.18. The Morgan fingerprint density at radius 2 is 1.81 bits per heavy atom. The Morgan fingerprint density at radius 1 is 1.15 bits per heavy atom. The number of halogens is 1. The van der Waals surface area contributed by atoms with Gasteiger partial charge >= 0.3 is 0 Å². The van der Waals surface area contributed by atoms with E-state index in [2.05, 4.69) is 51.7 Å². The fourth-order valence-corrected chi connectivity index (χ4v) is 3.17. The minimum Gasteiger partial charge on any atom is -0.382 e. The van der Waals surface area contributed by atoms with E-state index in [1.165, 1.54) is 37.1 Å². The van der Waals surface area contributed by atoms with Crippen LogP contribution in [0.1, 0.15) is 44.2 Å². The molecule has 6 heteroatoms. The van der Waals surface area contributed by atoms with Crippen molar-refractivity contribution < 1.29 is 4.74 Å². The van der Waals surface area contributed by atoms with E-state index in [0.717, 1.165) is 51.1 Å². The first-order valence-corrected chi connectivity index (χ1v) is 10.0. The number of likely N-dealkylation sites (tertiary alicyclic amines) is 1. The van der Waals surface area contributed by atoms with E-state index in [1.54, 1.807) is 7.05 Å². The Bertz CT molecular complexity index is 527. The van der Waals surface area contributed by atoms with Gasteiger partial charge < -0.3 is 15.4 Å². The summed E-state index contributed by atoms with van der Waals surface area (Å²) in [7, 11) is 1.81. The Labute approximate surface area is 182 Å². The molecule has 0 unspecified atom stereocenters. The predicted octanol–water partition coefficient (Wildman–Crippen LogP) is 3.63. The maximum Gasteiger partial charge on any atom is 0.191 e. The van der Waals surface area contributed by atoms with Crippen molar-refractivity contribution in [1.29, 1.82) is 0 Å². The molecule has 0 atom stereocenters. The zero-order valence-electron chi connectivity index (χ0n) is 17.2. The van der Waals surface area contributed by atoms with Crippen molar-refractivity contribution >= 4 is 29.9 Å². The zero-order chi connectivity index (χ0) is 18.6. The van der Waals surface area contributed by atoms with Crippen LogP contribution in [0.15, 0.2) is 29.3 Å². The third kappa shape index (κ3) is 9.76. The molecule has 2 N–H and O–H groups in total. The van der Waals surface area contributed by atoms with Crippen LogP contribution in [0.4, 0.5) is 0 Å². The molecule has 2 rings (SSSR count). The molecule has 1 aromatic carbocycles. The largest absolute Gasteiger partial charge is 0.382 e. The van der Waals surface area contributed by atoms with E-state index < -0.39 is 0 Å². The lowest BCUT2D eigenvalue weighted by atomic mass is 9.99. The lowest BCUT2D eigenvalue weighted by Gasteiger charge is -2.30. The van der Waals surface area contributed by atoms with Crippen LogP contribution < -0.4 is 10.6 Å². The molecule has 5 nitrogen and oxygen atoms in total. The topological polar surface area (TPSA) is 48.9 Å². The van der Waals surface area contributed by atoms with Gasteiger partial charge in [-0.15, -0.1) is 24.0 Å². The summed E-state index contributed by atoms with van der Waals surface area (Å²) >= 11 is 0. The highest BCUT2D eigenvalue weighted by Gasteiger charge is 2.15. The first-order chi connectivity index (χ1) is 12.7. The highest BCUT2D eigenvalue weighted by molar-refractivity contribution is 14.0. The summed E-state index contributed by atoms with van der Waals surface area (Å²) in [6.07, 6.45) is 3.65. The van der Waals surface area contributed by atoms with Gasteiger partial charge in [-0.05, 0) is 56.3 Å². The third-order valence-electron chi connectivity index (χ3n) is 4.95. The summed E-state index contributed by atoms with van der Waals surface area (Å²) in [6, 6.07) is 8.95. The van der Waals surface area contributed by atoms with Crippen molar-refractivity contribution in [1.82, 2.24) is 15.5 Å². The molecule has 154 valence electrons. The second kappa shape index (κ2) is 14.2. The third-order valence-corrected chi connectivity index (χ3v) is 4.95. The maximum absolute atomic E-state index is 5.35. The fourth-order valence-electron chi connectivity index (χ4n) is 3.17. The monoisotopic (exact) mass is 488 g/mol. The Morgan fingerprint density at radius 3 is 2.44 bits per heavy atom. The van der Waals surface area contributed by atoms with E-state index in [0.29, 0.717) is 0 Å². The molecule has 27 heavy (non-hydrogen) atoms. The molecule has 1 aromatic rings. The molecule has 0 aliphatic carbocycles. The Balaban J connectivity index is 0.00000364. The van der Waals surface area contributed by atoms with Gasteiger partial charge in [-0.25, -0.2) is 0 Å². The summed E-state index contributed by atoms with van der Waals surface area (Å²) in [5.74, 6) is 1.73. The first kappa shape index (κ1) is 24.2. The van der Waals surface area contributed by atoms with Crippen molar-refractivity contribution in [2.45, 2.75) is 46.2 Å². The van der Waals surface area contributed by atoms with Crippen LogP contribution in [-0.2, 0) is 17.8 Å². The van der Waals surface area contributed by atoms with Crippen molar-refractivity contribution in [3.8, 4) is 0 Å². The van der Waals surface area contributed by atoms with E-state index in [-0.39, 0.29) is 24.0 Å². The number of benzene rings is 1. The van der Waals surface area contributed by atoms with Gasteiger partial charge in [0.25, 0.3) is 0 Å². The van der Waals surface area contributed by atoms with Crippen LogP contribution in [0.2, 0.25) is 0 Å². The van der Waals surface area contributed by atoms with Crippen molar-refractivity contribution in [3.63, 3.8) is 0 Å². The molecule has 0 amide bonds.